The molecule has 1 aliphatic heterocycles. The second-order valence-corrected chi connectivity index (χ2v) is 2.65. The molecular formula is C8H11NO. The minimum atomic E-state index is 0.318. The van der Waals surface area contributed by atoms with Crippen LogP contribution in [0.25, 0.3) is 0 Å². The number of hydrogen-bond donors (Lipinski definition) is 0. The van der Waals surface area contributed by atoms with Gasteiger partial charge in [-0.25, -0.2) is 0 Å². The monoisotopic (exact) mass is 137 g/mol. The molecule has 0 bridgehead atoms. The molecule has 0 spiro atoms. The maximum absolute atomic E-state index is 5.50. The molecule has 0 saturated carbocycles. The van der Waals surface area contributed by atoms with Gasteiger partial charge in [0.05, 0.1) is 25.0 Å². The summed E-state index contributed by atoms with van der Waals surface area (Å²) in [6.07, 6.45) is 6.84. The molecule has 0 amide bonds. The van der Waals surface area contributed by atoms with Crippen LogP contribution in [-0.2, 0) is 4.74 Å². The zero-order valence-electron chi connectivity index (χ0n) is 5.92. The maximum Gasteiger partial charge on any atom is 0.0993 e. The van der Waals surface area contributed by atoms with Crippen molar-refractivity contribution in [3.63, 3.8) is 0 Å². The summed E-state index contributed by atoms with van der Waals surface area (Å²) < 4.78 is 5.50. The third-order valence-corrected chi connectivity index (χ3v) is 1.92. The first kappa shape index (κ1) is 6.10. The molecule has 0 saturated heterocycles. The number of ether oxygens (including phenoxy) is 1. The Bertz CT molecular complexity index is 184. The molecule has 1 aliphatic carbocycles. The van der Waals surface area contributed by atoms with Gasteiger partial charge in [0.2, 0.25) is 0 Å². The molecule has 0 aromatic rings. The molecule has 54 valence electrons. The van der Waals surface area contributed by atoms with E-state index in [1.807, 2.05) is 0 Å². The van der Waals surface area contributed by atoms with E-state index in [9.17, 15) is 0 Å². The van der Waals surface area contributed by atoms with Crippen LogP contribution in [0.15, 0.2) is 17.1 Å². The van der Waals surface area contributed by atoms with Crippen LogP contribution in [0.1, 0.15) is 12.8 Å². The van der Waals surface area contributed by atoms with Gasteiger partial charge in [-0.15, -0.1) is 0 Å². The van der Waals surface area contributed by atoms with Crippen molar-refractivity contribution in [1.29, 1.82) is 0 Å². The lowest BCUT2D eigenvalue weighted by Crippen LogP contribution is -2.30. The van der Waals surface area contributed by atoms with Crippen LogP contribution in [0.2, 0.25) is 0 Å². The van der Waals surface area contributed by atoms with Crippen molar-refractivity contribution in [1.82, 2.24) is 0 Å². The Morgan fingerprint density at radius 3 is 3.50 bits per heavy atom. The summed E-state index contributed by atoms with van der Waals surface area (Å²) in [4.78, 5) is 4.36. The Hall–Kier alpha value is -0.630. The van der Waals surface area contributed by atoms with E-state index in [-0.39, 0.29) is 0 Å². The molecule has 0 aromatic carbocycles. The summed E-state index contributed by atoms with van der Waals surface area (Å²) in [5.41, 5.74) is 1.15. The van der Waals surface area contributed by atoms with E-state index in [0.717, 1.165) is 31.7 Å². The minimum absolute atomic E-state index is 0.318. The van der Waals surface area contributed by atoms with Gasteiger partial charge in [-0.3, -0.25) is 4.99 Å². The standard InChI is InChI=1S/C8H11NO/c1-2-4-8-7(3-1)9-5-6-10-8/h1,3,8H,2,4-6H2. The second-order valence-electron chi connectivity index (χ2n) is 2.65. The van der Waals surface area contributed by atoms with Crippen molar-refractivity contribution < 1.29 is 4.74 Å². The highest BCUT2D eigenvalue weighted by Gasteiger charge is 2.19. The van der Waals surface area contributed by atoms with Crippen molar-refractivity contribution >= 4 is 5.71 Å². The predicted molar refractivity (Wildman–Crippen MR) is 40.4 cm³/mol. The number of rotatable bonds is 0. The molecule has 2 heteroatoms. The van der Waals surface area contributed by atoms with Crippen molar-refractivity contribution in [2.45, 2.75) is 18.9 Å². The smallest absolute Gasteiger partial charge is 0.0993 e. The van der Waals surface area contributed by atoms with E-state index in [1.54, 1.807) is 0 Å². The van der Waals surface area contributed by atoms with Crippen molar-refractivity contribution in [3.8, 4) is 0 Å². The molecule has 10 heavy (non-hydrogen) atoms. The normalized spacial score (nSPS) is 31.2. The quantitative estimate of drug-likeness (QED) is 0.491. The van der Waals surface area contributed by atoms with Gasteiger partial charge in [0.15, 0.2) is 0 Å². The van der Waals surface area contributed by atoms with Crippen molar-refractivity contribution in [2.24, 2.45) is 4.99 Å². The third-order valence-electron chi connectivity index (χ3n) is 1.92. The minimum Gasteiger partial charge on any atom is -0.370 e. The Morgan fingerprint density at radius 2 is 2.60 bits per heavy atom. The fourth-order valence-corrected chi connectivity index (χ4v) is 1.40. The van der Waals surface area contributed by atoms with Crippen LogP contribution < -0.4 is 0 Å². The molecule has 2 nitrogen and oxygen atoms in total. The molecule has 0 N–H and O–H groups in total. The Morgan fingerprint density at radius 1 is 1.60 bits per heavy atom. The zero-order chi connectivity index (χ0) is 6.81. The Labute approximate surface area is 60.6 Å². The fourth-order valence-electron chi connectivity index (χ4n) is 1.40. The summed E-state index contributed by atoms with van der Waals surface area (Å²) in [5.74, 6) is 0. The van der Waals surface area contributed by atoms with E-state index in [1.165, 1.54) is 0 Å². The molecule has 0 aromatic heterocycles. The van der Waals surface area contributed by atoms with Gasteiger partial charge in [0, 0.05) is 0 Å². The van der Waals surface area contributed by atoms with Crippen LogP contribution in [-0.4, -0.2) is 25.0 Å². The molecule has 0 fully saturated rings. The van der Waals surface area contributed by atoms with E-state index in [0.29, 0.717) is 6.10 Å². The average Bonchev–Trinajstić information content (AvgIpc) is 2.05. The largest absolute Gasteiger partial charge is 0.370 e. The van der Waals surface area contributed by atoms with Crippen LogP contribution in [0.5, 0.6) is 0 Å². The van der Waals surface area contributed by atoms with Gasteiger partial charge in [0.1, 0.15) is 0 Å². The van der Waals surface area contributed by atoms with Gasteiger partial charge in [-0.2, -0.15) is 0 Å². The van der Waals surface area contributed by atoms with E-state index >= 15 is 0 Å². The molecule has 1 heterocycles. The first-order chi connectivity index (χ1) is 4.97. The number of fused-ring (bicyclic) bond motifs is 1. The highest BCUT2D eigenvalue weighted by atomic mass is 16.5. The number of hydrogen-bond acceptors (Lipinski definition) is 2. The summed E-state index contributed by atoms with van der Waals surface area (Å²) >= 11 is 0. The fraction of sp³-hybridized carbons (Fsp3) is 0.625. The maximum atomic E-state index is 5.50. The lowest BCUT2D eigenvalue weighted by Gasteiger charge is -2.23. The SMILES string of the molecule is C1=CC2=NCCOC2CC1. The lowest BCUT2D eigenvalue weighted by molar-refractivity contribution is 0.0895. The Kier molecular flexibility index (Phi) is 1.55. The van der Waals surface area contributed by atoms with Crippen LogP contribution in [0.4, 0.5) is 0 Å². The molecule has 2 rings (SSSR count). The Balaban J connectivity index is 2.21. The third kappa shape index (κ3) is 0.991. The lowest BCUT2D eigenvalue weighted by atomic mass is 10.0. The molecule has 0 radical (unpaired) electrons. The second kappa shape index (κ2) is 2.54. The van der Waals surface area contributed by atoms with Crippen LogP contribution in [0.3, 0.4) is 0 Å². The van der Waals surface area contributed by atoms with Crippen molar-refractivity contribution in [2.75, 3.05) is 13.2 Å². The topological polar surface area (TPSA) is 21.6 Å². The number of nitrogens with zero attached hydrogens (tertiary/aromatic N) is 1. The number of allylic oxidation sites excluding steroid dienone is 1. The van der Waals surface area contributed by atoms with Gasteiger partial charge < -0.3 is 4.74 Å². The summed E-state index contributed by atoms with van der Waals surface area (Å²) in [5, 5.41) is 0. The van der Waals surface area contributed by atoms with E-state index in [4.69, 9.17) is 4.74 Å². The molecule has 1 unspecified atom stereocenters. The highest BCUT2D eigenvalue weighted by molar-refractivity contribution is 5.99. The van der Waals surface area contributed by atoms with Gasteiger partial charge >= 0.3 is 0 Å². The van der Waals surface area contributed by atoms with Gasteiger partial charge in [-0.05, 0) is 18.9 Å². The zero-order valence-corrected chi connectivity index (χ0v) is 5.92. The summed E-state index contributed by atoms with van der Waals surface area (Å²) in [6.45, 7) is 1.65. The van der Waals surface area contributed by atoms with Crippen molar-refractivity contribution in [3.05, 3.63) is 12.2 Å². The molecule has 1 atom stereocenters. The van der Waals surface area contributed by atoms with E-state index < -0.39 is 0 Å². The highest BCUT2D eigenvalue weighted by Crippen LogP contribution is 2.15. The summed E-state index contributed by atoms with van der Waals surface area (Å²) in [6, 6.07) is 0. The van der Waals surface area contributed by atoms with Crippen LogP contribution in [0, 0.1) is 0 Å². The molecule has 2 aliphatic rings. The van der Waals surface area contributed by atoms with Crippen LogP contribution >= 0.6 is 0 Å². The average molecular weight is 137 g/mol. The van der Waals surface area contributed by atoms with E-state index in [2.05, 4.69) is 17.1 Å². The predicted octanol–water partition coefficient (Wildman–Crippen LogP) is 1.18. The number of aliphatic imine (C=N–C) groups is 1. The van der Waals surface area contributed by atoms with Gasteiger partial charge in [-0.1, -0.05) is 6.08 Å². The molecular weight excluding hydrogens is 126 g/mol. The van der Waals surface area contributed by atoms with Gasteiger partial charge in [0.25, 0.3) is 0 Å². The first-order valence-corrected chi connectivity index (χ1v) is 3.79. The first-order valence-electron chi connectivity index (χ1n) is 3.79. The summed E-state index contributed by atoms with van der Waals surface area (Å²) in [7, 11) is 0.